The van der Waals surface area contributed by atoms with Gasteiger partial charge < -0.3 is 29.9 Å². The van der Waals surface area contributed by atoms with Crippen LogP contribution in [0, 0.1) is 11.8 Å². The van der Waals surface area contributed by atoms with Crippen LogP contribution in [0.4, 0.5) is 5.69 Å². The molecule has 2 aromatic carbocycles. The second-order valence-electron chi connectivity index (χ2n) is 14.6. The number of piperidine rings is 1. The fourth-order valence-electron chi connectivity index (χ4n) is 7.51. The molecule has 3 saturated heterocycles. The van der Waals surface area contributed by atoms with E-state index in [-0.39, 0.29) is 29.6 Å². The van der Waals surface area contributed by atoms with Gasteiger partial charge in [0.25, 0.3) is 0 Å². The number of ether oxygens (including phenoxy) is 2. The number of carbonyl (C=O) groups excluding carboxylic acids is 3. The van der Waals surface area contributed by atoms with Gasteiger partial charge in [-0.25, -0.2) is 0 Å². The van der Waals surface area contributed by atoms with E-state index >= 15 is 0 Å². The van der Waals surface area contributed by atoms with E-state index in [9.17, 15) is 14.4 Å². The van der Waals surface area contributed by atoms with E-state index in [4.69, 9.17) is 9.47 Å². The molecule has 0 saturated carbocycles. The normalized spacial score (nSPS) is 24.2. The Balaban J connectivity index is 1.31. The van der Waals surface area contributed by atoms with Crippen LogP contribution in [0.15, 0.2) is 48.5 Å². The molecule has 3 atom stereocenters. The number of carbonyl (C=O) groups is 3. The highest BCUT2D eigenvalue weighted by Gasteiger charge is 2.50. The number of piperazine rings is 1. The first-order chi connectivity index (χ1) is 21.4. The average molecular weight is 617 g/mol. The first-order valence-electron chi connectivity index (χ1n) is 16.6. The van der Waals surface area contributed by atoms with Gasteiger partial charge in [0, 0.05) is 37.2 Å². The molecule has 0 radical (unpaired) electrons. The highest BCUT2D eigenvalue weighted by atomic mass is 16.7. The second kappa shape index (κ2) is 12.4. The molecule has 2 N–H and O–H groups in total. The Kier molecular flexibility index (Phi) is 8.69. The van der Waals surface area contributed by atoms with Gasteiger partial charge in [0.15, 0.2) is 5.79 Å². The van der Waals surface area contributed by atoms with Gasteiger partial charge in [0.2, 0.25) is 17.7 Å². The molecule has 3 amide bonds. The van der Waals surface area contributed by atoms with Gasteiger partial charge in [0.05, 0.1) is 13.2 Å². The lowest BCUT2D eigenvalue weighted by Gasteiger charge is -2.45. The van der Waals surface area contributed by atoms with Crippen LogP contribution in [0.5, 0.6) is 0 Å². The summed E-state index contributed by atoms with van der Waals surface area (Å²) in [6.45, 7) is 12.8. The van der Waals surface area contributed by atoms with Crippen LogP contribution in [0.3, 0.4) is 0 Å². The number of benzene rings is 2. The van der Waals surface area contributed by atoms with Crippen molar-refractivity contribution < 1.29 is 23.9 Å². The molecule has 9 nitrogen and oxygen atoms in total. The lowest BCUT2D eigenvalue weighted by molar-refractivity contribution is -0.169. The summed E-state index contributed by atoms with van der Waals surface area (Å²) in [5.41, 5.74) is 3.65. The SMILES string of the molecule is CC(C)CC1C(=O)N[C@H](C2Cc3ccccc3C2)C(=O)N1C(C(=O)NC(C)(C)C)c1ccc(N2CCC3(CC2)OCCO3)cc1. The molecule has 1 spiro atoms. The summed E-state index contributed by atoms with van der Waals surface area (Å²) < 4.78 is 11.8. The first kappa shape index (κ1) is 31.5. The summed E-state index contributed by atoms with van der Waals surface area (Å²) >= 11 is 0. The average Bonchev–Trinajstić information content (AvgIpc) is 3.63. The van der Waals surface area contributed by atoms with Gasteiger partial charge in [-0.2, -0.15) is 0 Å². The van der Waals surface area contributed by atoms with Crippen LogP contribution in [0.2, 0.25) is 0 Å². The van der Waals surface area contributed by atoms with E-state index in [0.717, 1.165) is 44.5 Å². The van der Waals surface area contributed by atoms with Gasteiger partial charge >= 0.3 is 0 Å². The van der Waals surface area contributed by atoms with Gasteiger partial charge in [-0.3, -0.25) is 14.4 Å². The van der Waals surface area contributed by atoms with Crippen molar-refractivity contribution in [3.05, 3.63) is 65.2 Å². The van der Waals surface area contributed by atoms with Gasteiger partial charge in [-0.1, -0.05) is 50.2 Å². The Morgan fingerprint density at radius 2 is 1.58 bits per heavy atom. The predicted molar refractivity (Wildman–Crippen MR) is 173 cm³/mol. The minimum absolute atomic E-state index is 0.0646. The van der Waals surface area contributed by atoms with Crippen molar-refractivity contribution in [2.45, 2.75) is 96.2 Å². The molecule has 3 heterocycles. The zero-order valence-corrected chi connectivity index (χ0v) is 27.3. The molecule has 3 fully saturated rings. The Hall–Kier alpha value is -3.43. The highest BCUT2D eigenvalue weighted by Crippen LogP contribution is 2.37. The number of nitrogens with zero attached hydrogens (tertiary/aromatic N) is 2. The van der Waals surface area contributed by atoms with E-state index in [1.807, 2.05) is 71.0 Å². The predicted octanol–water partition coefficient (Wildman–Crippen LogP) is 4.14. The molecule has 4 aliphatic rings. The number of nitrogens with one attached hydrogen (secondary N) is 2. The van der Waals surface area contributed by atoms with Crippen LogP contribution in [0.1, 0.15) is 76.6 Å². The molecule has 3 aliphatic heterocycles. The lowest BCUT2D eigenvalue weighted by Crippen LogP contribution is -2.67. The molecule has 0 aromatic heterocycles. The van der Waals surface area contributed by atoms with Gasteiger partial charge in [-0.15, -0.1) is 0 Å². The summed E-state index contributed by atoms with van der Waals surface area (Å²) in [7, 11) is 0. The molecular weight excluding hydrogens is 568 g/mol. The van der Waals surface area contributed by atoms with Crippen LogP contribution in [0.25, 0.3) is 0 Å². The van der Waals surface area contributed by atoms with Crippen molar-refractivity contribution in [2.75, 3.05) is 31.2 Å². The van der Waals surface area contributed by atoms with E-state index in [0.29, 0.717) is 25.2 Å². The first-order valence-corrected chi connectivity index (χ1v) is 16.6. The van der Waals surface area contributed by atoms with Crippen LogP contribution in [-0.2, 0) is 36.7 Å². The van der Waals surface area contributed by atoms with Crippen molar-refractivity contribution in [1.82, 2.24) is 15.5 Å². The lowest BCUT2D eigenvalue weighted by atomic mass is 9.87. The third-order valence-corrected chi connectivity index (χ3v) is 9.64. The van der Waals surface area contributed by atoms with E-state index in [1.165, 1.54) is 11.1 Å². The fraction of sp³-hybridized carbons (Fsp3) is 0.583. The van der Waals surface area contributed by atoms with Crippen molar-refractivity contribution in [3.8, 4) is 0 Å². The number of hydrogen-bond donors (Lipinski definition) is 2. The maximum Gasteiger partial charge on any atom is 0.247 e. The summed E-state index contributed by atoms with van der Waals surface area (Å²) in [5, 5.41) is 6.23. The van der Waals surface area contributed by atoms with E-state index in [2.05, 4.69) is 27.7 Å². The molecule has 45 heavy (non-hydrogen) atoms. The summed E-state index contributed by atoms with van der Waals surface area (Å²) in [4.78, 5) is 46.6. The molecule has 2 aromatic rings. The quantitative estimate of drug-likeness (QED) is 0.485. The maximum absolute atomic E-state index is 14.6. The van der Waals surface area contributed by atoms with E-state index < -0.39 is 29.5 Å². The Bertz CT molecular complexity index is 1380. The number of hydrogen-bond acceptors (Lipinski definition) is 6. The van der Waals surface area contributed by atoms with Crippen LogP contribution >= 0.6 is 0 Å². The molecular formula is C36H48N4O5. The zero-order valence-electron chi connectivity index (χ0n) is 27.3. The van der Waals surface area contributed by atoms with Crippen LogP contribution < -0.4 is 15.5 Å². The summed E-state index contributed by atoms with van der Waals surface area (Å²) in [6.07, 6.45) is 3.50. The smallest absolute Gasteiger partial charge is 0.247 e. The molecule has 242 valence electrons. The van der Waals surface area contributed by atoms with Crippen molar-refractivity contribution in [3.63, 3.8) is 0 Å². The maximum atomic E-state index is 14.6. The third kappa shape index (κ3) is 6.61. The van der Waals surface area contributed by atoms with Crippen molar-refractivity contribution >= 4 is 23.4 Å². The molecule has 2 unspecified atom stereocenters. The molecule has 9 heteroatoms. The number of anilines is 1. The standard InChI is InChI=1S/C36H48N4O5/c1-23(2)20-29-32(41)37-30(27-21-25-8-6-7-9-26(25)22-27)34(43)40(29)31(33(42)38-35(3,4)5)24-10-12-28(13-11-24)39-16-14-36(15-17-39)44-18-19-45-36/h6-13,23,27,29-31H,14-22H2,1-5H3,(H,37,41)(H,38,42)/t29?,30-,31?/m1/s1. The number of amides is 3. The topological polar surface area (TPSA) is 100 Å². The Morgan fingerprint density at radius 3 is 2.13 bits per heavy atom. The second-order valence-corrected chi connectivity index (χ2v) is 14.6. The minimum atomic E-state index is -0.947. The highest BCUT2D eigenvalue weighted by molar-refractivity contribution is 6.00. The molecule has 6 rings (SSSR count). The Morgan fingerprint density at radius 1 is 0.978 bits per heavy atom. The fourth-order valence-corrected chi connectivity index (χ4v) is 7.51. The summed E-state index contributed by atoms with van der Waals surface area (Å²) in [6, 6.07) is 13.8. The Labute approximate surface area is 267 Å². The third-order valence-electron chi connectivity index (χ3n) is 9.64. The van der Waals surface area contributed by atoms with E-state index in [1.54, 1.807) is 4.90 Å². The molecule has 0 bridgehead atoms. The largest absolute Gasteiger partial charge is 0.371 e. The van der Waals surface area contributed by atoms with Gasteiger partial charge in [0.1, 0.15) is 18.1 Å². The number of rotatable bonds is 7. The van der Waals surface area contributed by atoms with Gasteiger partial charge in [-0.05, 0) is 80.7 Å². The minimum Gasteiger partial charge on any atom is -0.371 e. The summed E-state index contributed by atoms with van der Waals surface area (Å²) in [5.74, 6) is -1.03. The molecule has 1 aliphatic carbocycles. The zero-order chi connectivity index (χ0) is 31.9. The van der Waals surface area contributed by atoms with Crippen LogP contribution in [-0.4, -0.2) is 72.3 Å². The van der Waals surface area contributed by atoms with Crippen molar-refractivity contribution in [1.29, 1.82) is 0 Å². The number of fused-ring (bicyclic) bond motifs is 1. The monoisotopic (exact) mass is 616 g/mol. The van der Waals surface area contributed by atoms with Crippen molar-refractivity contribution in [2.24, 2.45) is 11.8 Å².